The summed E-state index contributed by atoms with van der Waals surface area (Å²) < 4.78 is 49.4. The maximum absolute atomic E-state index is 13.7. The molecule has 2 rings (SSSR count). The van der Waals surface area contributed by atoms with E-state index in [-0.39, 0.29) is 43.0 Å². The third-order valence-electron chi connectivity index (χ3n) is 4.19. The van der Waals surface area contributed by atoms with Crippen molar-refractivity contribution < 1.29 is 27.4 Å². The zero-order chi connectivity index (χ0) is 17.3. The van der Waals surface area contributed by atoms with E-state index in [2.05, 4.69) is 5.32 Å². The number of hydrogen-bond acceptors (Lipinski definition) is 5. The van der Waals surface area contributed by atoms with Crippen LogP contribution < -0.4 is 5.32 Å². The Labute approximate surface area is 134 Å². The number of halogens is 2. The second-order valence-corrected chi connectivity index (χ2v) is 8.68. The summed E-state index contributed by atoms with van der Waals surface area (Å²) in [5.41, 5.74) is -2.80. The van der Waals surface area contributed by atoms with Crippen molar-refractivity contribution in [1.82, 2.24) is 5.32 Å². The van der Waals surface area contributed by atoms with Gasteiger partial charge in [-0.3, -0.25) is 0 Å². The topological polar surface area (TPSA) is 86.6 Å². The molecule has 0 bridgehead atoms. The molecular formula is C15H21F2NO4S. The molecule has 1 aromatic rings. The molecule has 1 unspecified atom stereocenters. The molecule has 130 valence electrons. The van der Waals surface area contributed by atoms with Gasteiger partial charge in [-0.15, -0.1) is 0 Å². The summed E-state index contributed by atoms with van der Waals surface area (Å²) in [5.74, 6) is -1.73. The van der Waals surface area contributed by atoms with Crippen LogP contribution in [0.1, 0.15) is 25.3 Å². The van der Waals surface area contributed by atoms with Crippen LogP contribution in [-0.2, 0) is 15.4 Å². The van der Waals surface area contributed by atoms with Gasteiger partial charge in [0.15, 0.2) is 9.84 Å². The lowest BCUT2D eigenvalue weighted by atomic mass is 9.93. The Morgan fingerprint density at radius 1 is 1.30 bits per heavy atom. The van der Waals surface area contributed by atoms with Crippen LogP contribution in [0.3, 0.4) is 0 Å². The van der Waals surface area contributed by atoms with Gasteiger partial charge in [0.05, 0.1) is 17.1 Å². The normalized spacial score (nSPS) is 22.5. The molecule has 0 saturated carbocycles. The molecule has 1 atom stereocenters. The first kappa shape index (κ1) is 18.3. The van der Waals surface area contributed by atoms with Gasteiger partial charge >= 0.3 is 0 Å². The summed E-state index contributed by atoms with van der Waals surface area (Å²) in [5, 5.41) is 23.5. The average molecular weight is 349 g/mol. The van der Waals surface area contributed by atoms with Gasteiger partial charge in [0.1, 0.15) is 17.2 Å². The van der Waals surface area contributed by atoms with E-state index in [4.69, 9.17) is 0 Å². The SMILES string of the molecule is CC(O)(CNCC1(O)CCS(=O)(=O)CC1)c1ccc(F)cc1F. The van der Waals surface area contributed by atoms with Crippen molar-refractivity contribution in [2.75, 3.05) is 24.6 Å². The first-order chi connectivity index (χ1) is 10.5. The molecule has 1 saturated heterocycles. The number of nitrogens with one attached hydrogen (secondary N) is 1. The van der Waals surface area contributed by atoms with Gasteiger partial charge in [-0.05, 0) is 25.8 Å². The summed E-state index contributed by atoms with van der Waals surface area (Å²) in [6.07, 6.45) is 0.241. The molecule has 0 aliphatic carbocycles. The molecule has 1 fully saturated rings. The van der Waals surface area contributed by atoms with E-state index in [1.807, 2.05) is 0 Å². The highest BCUT2D eigenvalue weighted by molar-refractivity contribution is 7.91. The molecule has 1 aromatic carbocycles. The second-order valence-electron chi connectivity index (χ2n) is 6.38. The smallest absolute Gasteiger partial charge is 0.150 e. The second kappa shape index (κ2) is 6.43. The molecule has 3 N–H and O–H groups in total. The number of aliphatic hydroxyl groups is 2. The zero-order valence-corrected chi connectivity index (χ0v) is 13.7. The lowest BCUT2D eigenvalue weighted by molar-refractivity contribution is 0.0140. The van der Waals surface area contributed by atoms with Crippen molar-refractivity contribution in [2.45, 2.75) is 31.0 Å². The third-order valence-corrected chi connectivity index (χ3v) is 5.84. The van der Waals surface area contributed by atoms with E-state index in [0.717, 1.165) is 6.07 Å². The summed E-state index contributed by atoms with van der Waals surface area (Å²) in [6, 6.07) is 2.93. The molecule has 0 amide bonds. The number of benzene rings is 1. The van der Waals surface area contributed by atoms with Crippen LogP contribution in [0.4, 0.5) is 8.78 Å². The van der Waals surface area contributed by atoms with Gasteiger partial charge in [0, 0.05) is 24.7 Å². The van der Waals surface area contributed by atoms with Gasteiger partial charge in [-0.1, -0.05) is 6.07 Å². The van der Waals surface area contributed by atoms with Gasteiger partial charge in [0.2, 0.25) is 0 Å². The fourth-order valence-electron chi connectivity index (χ4n) is 2.65. The molecule has 5 nitrogen and oxygen atoms in total. The Hall–Kier alpha value is -1.09. The molecule has 1 aliphatic rings. The highest BCUT2D eigenvalue weighted by Crippen LogP contribution is 2.25. The van der Waals surface area contributed by atoms with E-state index in [1.54, 1.807) is 0 Å². The van der Waals surface area contributed by atoms with E-state index < -0.39 is 32.7 Å². The van der Waals surface area contributed by atoms with Crippen molar-refractivity contribution in [3.8, 4) is 0 Å². The quantitative estimate of drug-likeness (QED) is 0.729. The van der Waals surface area contributed by atoms with Crippen LogP contribution in [-0.4, -0.2) is 48.8 Å². The lowest BCUT2D eigenvalue weighted by Crippen LogP contribution is -2.49. The Morgan fingerprint density at radius 3 is 2.48 bits per heavy atom. The van der Waals surface area contributed by atoms with Crippen molar-refractivity contribution in [1.29, 1.82) is 0 Å². The fraction of sp³-hybridized carbons (Fsp3) is 0.600. The van der Waals surface area contributed by atoms with Crippen LogP contribution >= 0.6 is 0 Å². The third kappa shape index (κ3) is 4.69. The van der Waals surface area contributed by atoms with Crippen molar-refractivity contribution in [3.05, 3.63) is 35.4 Å². The van der Waals surface area contributed by atoms with Gasteiger partial charge in [0.25, 0.3) is 0 Å². The Morgan fingerprint density at radius 2 is 1.91 bits per heavy atom. The van der Waals surface area contributed by atoms with E-state index in [1.165, 1.54) is 13.0 Å². The molecular weight excluding hydrogens is 328 g/mol. The molecule has 1 aliphatic heterocycles. The van der Waals surface area contributed by atoms with E-state index in [9.17, 15) is 27.4 Å². The van der Waals surface area contributed by atoms with Crippen LogP contribution in [0, 0.1) is 11.6 Å². The number of rotatable bonds is 5. The minimum Gasteiger partial charge on any atom is -0.388 e. The minimum absolute atomic E-state index is 0.0513. The van der Waals surface area contributed by atoms with Crippen molar-refractivity contribution in [3.63, 3.8) is 0 Å². The van der Waals surface area contributed by atoms with Crippen molar-refractivity contribution in [2.24, 2.45) is 0 Å². The van der Waals surface area contributed by atoms with Crippen LogP contribution in [0.15, 0.2) is 18.2 Å². The fourth-order valence-corrected chi connectivity index (χ4v) is 4.24. The average Bonchev–Trinajstić information content (AvgIpc) is 2.42. The standard InChI is InChI=1S/C15H21F2NO4S/c1-14(19,12-3-2-11(16)8-13(12)17)9-18-10-15(20)4-6-23(21,22)7-5-15/h2-3,8,18-20H,4-7,9-10H2,1H3. The zero-order valence-electron chi connectivity index (χ0n) is 12.8. The summed E-state index contributed by atoms with van der Waals surface area (Å²) in [4.78, 5) is 0. The van der Waals surface area contributed by atoms with Gasteiger partial charge < -0.3 is 15.5 Å². The maximum atomic E-state index is 13.7. The lowest BCUT2D eigenvalue weighted by Gasteiger charge is -2.33. The monoisotopic (exact) mass is 349 g/mol. The van der Waals surface area contributed by atoms with Crippen LogP contribution in [0.5, 0.6) is 0 Å². The predicted molar refractivity (Wildman–Crippen MR) is 81.6 cm³/mol. The number of hydrogen-bond donors (Lipinski definition) is 3. The highest BCUT2D eigenvalue weighted by atomic mass is 32.2. The Bertz CT molecular complexity index is 662. The Kier molecular flexibility index (Phi) is 5.10. The molecule has 0 radical (unpaired) electrons. The summed E-state index contributed by atoms with van der Waals surface area (Å²) in [7, 11) is -3.08. The number of sulfone groups is 1. The van der Waals surface area contributed by atoms with E-state index >= 15 is 0 Å². The van der Waals surface area contributed by atoms with Crippen LogP contribution in [0.25, 0.3) is 0 Å². The van der Waals surface area contributed by atoms with Gasteiger partial charge in [-0.25, -0.2) is 17.2 Å². The largest absolute Gasteiger partial charge is 0.388 e. The molecule has 23 heavy (non-hydrogen) atoms. The van der Waals surface area contributed by atoms with Crippen LogP contribution in [0.2, 0.25) is 0 Å². The molecule has 1 heterocycles. The first-order valence-electron chi connectivity index (χ1n) is 7.35. The summed E-state index contributed by atoms with van der Waals surface area (Å²) >= 11 is 0. The van der Waals surface area contributed by atoms with Gasteiger partial charge in [-0.2, -0.15) is 0 Å². The molecule has 0 spiro atoms. The molecule has 0 aromatic heterocycles. The maximum Gasteiger partial charge on any atom is 0.150 e. The Balaban J connectivity index is 1.94. The summed E-state index contributed by atoms with van der Waals surface area (Å²) in [6.45, 7) is 1.40. The van der Waals surface area contributed by atoms with E-state index in [0.29, 0.717) is 6.07 Å². The predicted octanol–water partition coefficient (Wildman–Crippen LogP) is 0.702. The first-order valence-corrected chi connectivity index (χ1v) is 9.17. The highest BCUT2D eigenvalue weighted by Gasteiger charge is 2.36. The minimum atomic E-state index is -3.08. The van der Waals surface area contributed by atoms with Crippen molar-refractivity contribution >= 4 is 9.84 Å². The molecule has 8 heteroatoms.